The number of rotatable bonds is 5. The van der Waals surface area contributed by atoms with Gasteiger partial charge in [0.25, 0.3) is 0 Å². The van der Waals surface area contributed by atoms with Crippen molar-refractivity contribution in [1.29, 1.82) is 0 Å². The van der Waals surface area contributed by atoms with Gasteiger partial charge in [-0.3, -0.25) is 4.90 Å². The average Bonchev–Trinajstić information content (AvgIpc) is 3.37. The van der Waals surface area contributed by atoms with E-state index in [1.165, 1.54) is 12.1 Å². The Balaban J connectivity index is 1.12. The summed E-state index contributed by atoms with van der Waals surface area (Å²) in [5.74, 6) is -0.0108. The second-order valence-electron chi connectivity index (χ2n) is 10.9. The monoisotopic (exact) mass is 485 g/mol. The number of ether oxygens (including phenoxy) is 2. The maximum absolute atomic E-state index is 14.1. The minimum atomic E-state index is -0.435. The van der Waals surface area contributed by atoms with Gasteiger partial charge in [0.2, 0.25) is 0 Å². The van der Waals surface area contributed by atoms with Crippen LogP contribution >= 0.6 is 0 Å². The molecule has 3 heterocycles. The van der Waals surface area contributed by atoms with Gasteiger partial charge in [-0.25, -0.2) is 8.78 Å². The van der Waals surface area contributed by atoms with Crippen molar-refractivity contribution < 1.29 is 27.6 Å². The van der Waals surface area contributed by atoms with Gasteiger partial charge < -0.3 is 18.8 Å². The molecule has 0 aromatic heterocycles. The van der Waals surface area contributed by atoms with Crippen molar-refractivity contribution in [1.82, 2.24) is 4.90 Å². The lowest BCUT2D eigenvalue weighted by atomic mass is 9.79. The molecule has 188 valence electrons. The van der Waals surface area contributed by atoms with Gasteiger partial charge in [-0.2, -0.15) is 0 Å². The molecule has 3 aliphatic rings. The standard InChI is InChI=1S/C27H34BF2NO4/c1-26(2)27(3,4)35-28(34-26)18-5-9-21(10-6-18)33-22-13-14-31(16-22)20-8-12-25(32-17-20)23-15-19(29)7-11-24(23)30/h5-7,9-11,15,20,22,25H,8,12-14,16-17H2,1-4H3/t20-,22-,25-/m0/s1. The molecule has 3 fully saturated rings. The van der Waals surface area contributed by atoms with E-state index in [9.17, 15) is 8.78 Å². The van der Waals surface area contributed by atoms with Gasteiger partial charge in [0.1, 0.15) is 23.5 Å². The zero-order chi connectivity index (χ0) is 24.8. The molecule has 0 N–H and O–H groups in total. The Labute approximate surface area is 206 Å². The van der Waals surface area contributed by atoms with Crippen molar-refractivity contribution in [3.05, 3.63) is 59.7 Å². The number of hydrogen-bond donors (Lipinski definition) is 0. The van der Waals surface area contributed by atoms with E-state index >= 15 is 0 Å². The van der Waals surface area contributed by atoms with Crippen LogP contribution in [0.15, 0.2) is 42.5 Å². The third kappa shape index (κ3) is 5.12. The molecule has 3 atom stereocenters. The highest BCUT2D eigenvalue weighted by Crippen LogP contribution is 2.37. The first-order valence-corrected chi connectivity index (χ1v) is 12.5. The summed E-state index contributed by atoms with van der Waals surface area (Å²) in [6.07, 6.45) is 2.22. The minimum Gasteiger partial charge on any atom is -0.489 e. The van der Waals surface area contributed by atoms with E-state index in [1.54, 1.807) is 0 Å². The van der Waals surface area contributed by atoms with Crippen LogP contribution in [0, 0.1) is 11.6 Å². The number of halogens is 2. The fourth-order valence-corrected chi connectivity index (χ4v) is 5.09. The first kappa shape index (κ1) is 24.7. The molecule has 0 aliphatic carbocycles. The first-order chi connectivity index (χ1) is 16.6. The Morgan fingerprint density at radius 3 is 2.31 bits per heavy atom. The maximum atomic E-state index is 14.1. The van der Waals surface area contributed by atoms with E-state index in [0.717, 1.165) is 43.2 Å². The Hall–Kier alpha value is -2.00. The highest BCUT2D eigenvalue weighted by atomic mass is 19.1. The van der Waals surface area contributed by atoms with Crippen LogP contribution < -0.4 is 10.2 Å². The molecular formula is C27H34BF2NO4. The molecule has 8 heteroatoms. The van der Waals surface area contributed by atoms with Crippen molar-refractivity contribution in [2.45, 2.75) is 76.4 Å². The molecule has 0 saturated carbocycles. The number of hydrogen-bond acceptors (Lipinski definition) is 5. The van der Waals surface area contributed by atoms with Crippen molar-refractivity contribution in [2.75, 3.05) is 19.7 Å². The Kier molecular flexibility index (Phi) is 6.68. The molecule has 5 nitrogen and oxygen atoms in total. The van der Waals surface area contributed by atoms with E-state index in [2.05, 4.69) is 4.90 Å². The molecule has 3 aliphatic heterocycles. The molecule has 0 bridgehead atoms. The zero-order valence-electron chi connectivity index (χ0n) is 20.9. The number of likely N-dealkylation sites (tertiary alicyclic amines) is 1. The van der Waals surface area contributed by atoms with Crippen LogP contribution in [-0.4, -0.2) is 55.1 Å². The van der Waals surface area contributed by atoms with Crippen LogP contribution in [0.25, 0.3) is 0 Å². The maximum Gasteiger partial charge on any atom is 0.494 e. The summed E-state index contributed by atoms with van der Waals surface area (Å²) in [5, 5.41) is 0. The van der Waals surface area contributed by atoms with Crippen LogP contribution in [0.5, 0.6) is 5.75 Å². The van der Waals surface area contributed by atoms with Crippen molar-refractivity contribution >= 4 is 12.6 Å². The summed E-state index contributed by atoms with van der Waals surface area (Å²) in [4.78, 5) is 2.39. The van der Waals surface area contributed by atoms with Crippen LogP contribution in [0.4, 0.5) is 8.78 Å². The second kappa shape index (κ2) is 9.47. The van der Waals surface area contributed by atoms with Gasteiger partial charge in [0.15, 0.2) is 0 Å². The van der Waals surface area contributed by atoms with Gasteiger partial charge >= 0.3 is 7.12 Å². The lowest BCUT2D eigenvalue weighted by Gasteiger charge is -2.35. The van der Waals surface area contributed by atoms with E-state index in [0.29, 0.717) is 18.6 Å². The van der Waals surface area contributed by atoms with Gasteiger partial charge in [-0.1, -0.05) is 12.1 Å². The van der Waals surface area contributed by atoms with Crippen LogP contribution in [0.3, 0.4) is 0 Å². The van der Waals surface area contributed by atoms with Crippen LogP contribution in [0.2, 0.25) is 0 Å². The largest absolute Gasteiger partial charge is 0.494 e. The highest BCUT2D eigenvalue weighted by Gasteiger charge is 2.51. The summed E-state index contributed by atoms with van der Waals surface area (Å²) in [6.45, 7) is 10.5. The van der Waals surface area contributed by atoms with Crippen molar-refractivity contribution in [3.8, 4) is 5.75 Å². The smallest absolute Gasteiger partial charge is 0.489 e. The van der Waals surface area contributed by atoms with E-state index < -0.39 is 11.6 Å². The molecule has 0 amide bonds. The van der Waals surface area contributed by atoms with Crippen LogP contribution in [0.1, 0.15) is 58.6 Å². The summed E-state index contributed by atoms with van der Waals surface area (Å²) < 4.78 is 52.1. The lowest BCUT2D eigenvalue weighted by Crippen LogP contribution is -2.41. The highest BCUT2D eigenvalue weighted by molar-refractivity contribution is 6.62. The van der Waals surface area contributed by atoms with Gasteiger partial charge in [-0.05, 0) is 82.8 Å². The fourth-order valence-electron chi connectivity index (χ4n) is 5.09. The quantitative estimate of drug-likeness (QED) is 0.578. The molecule has 3 saturated heterocycles. The summed E-state index contributed by atoms with van der Waals surface area (Å²) >= 11 is 0. The van der Waals surface area contributed by atoms with Crippen molar-refractivity contribution in [3.63, 3.8) is 0 Å². The summed E-state index contributed by atoms with van der Waals surface area (Å²) in [7, 11) is -0.382. The Bertz CT molecular complexity index is 1020. The topological polar surface area (TPSA) is 40.2 Å². The normalized spacial score (nSPS) is 28.4. The predicted molar refractivity (Wildman–Crippen MR) is 131 cm³/mol. The minimum absolute atomic E-state index is 0.107. The van der Waals surface area contributed by atoms with E-state index in [4.69, 9.17) is 18.8 Å². The molecule has 5 rings (SSSR count). The molecule has 0 spiro atoms. The molecule has 2 aromatic rings. The Morgan fingerprint density at radius 2 is 1.66 bits per heavy atom. The SMILES string of the molecule is CC1(C)OB(c2ccc(O[C@H]3CCN([C@H]4CC[C@@H](c5cc(F)ccc5F)OC4)C3)cc2)OC1(C)C. The van der Waals surface area contributed by atoms with E-state index in [-0.39, 0.29) is 36.6 Å². The van der Waals surface area contributed by atoms with Gasteiger partial charge in [0.05, 0.1) is 23.9 Å². The second-order valence-corrected chi connectivity index (χ2v) is 10.9. The number of benzene rings is 2. The predicted octanol–water partition coefficient (Wildman–Crippen LogP) is 4.64. The van der Waals surface area contributed by atoms with E-state index in [1.807, 2.05) is 52.0 Å². The third-order valence-corrected chi connectivity index (χ3v) is 7.96. The average molecular weight is 485 g/mol. The van der Waals surface area contributed by atoms with Crippen molar-refractivity contribution in [2.24, 2.45) is 0 Å². The number of nitrogens with zero attached hydrogens (tertiary/aromatic N) is 1. The molecule has 35 heavy (non-hydrogen) atoms. The Morgan fingerprint density at radius 1 is 0.943 bits per heavy atom. The first-order valence-electron chi connectivity index (χ1n) is 12.5. The molecule has 0 radical (unpaired) electrons. The summed E-state index contributed by atoms with van der Waals surface area (Å²) in [5.41, 5.74) is 0.561. The fraction of sp³-hybridized carbons (Fsp3) is 0.556. The van der Waals surface area contributed by atoms with Crippen LogP contribution in [-0.2, 0) is 14.0 Å². The third-order valence-electron chi connectivity index (χ3n) is 7.96. The van der Waals surface area contributed by atoms with Gasteiger partial charge in [-0.15, -0.1) is 0 Å². The molecular weight excluding hydrogens is 451 g/mol. The zero-order valence-corrected chi connectivity index (χ0v) is 20.9. The summed E-state index contributed by atoms with van der Waals surface area (Å²) in [6, 6.07) is 11.8. The van der Waals surface area contributed by atoms with Gasteiger partial charge in [0, 0.05) is 24.7 Å². The molecule has 2 aromatic carbocycles. The molecule has 0 unspecified atom stereocenters. The lowest BCUT2D eigenvalue weighted by molar-refractivity contribution is -0.0361.